The van der Waals surface area contributed by atoms with E-state index in [0.717, 1.165) is 22.7 Å². The highest BCUT2D eigenvalue weighted by Gasteiger charge is 2.19. The average molecular weight is 395 g/mol. The van der Waals surface area contributed by atoms with Crippen molar-refractivity contribution >= 4 is 22.7 Å². The number of hydrogen-bond donors (Lipinski definition) is 1. The van der Waals surface area contributed by atoms with E-state index in [4.69, 9.17) is 0 Å². The highest BCUT2D eigenvalue weighted by atomic mass is 16.3. The summed E-state index contributed by atoms with van der Waals surface area (Å²) >= 11 is 0. The summed E-state index contributed by atoms with van der Waals surface area (Å²) in [6.07, 6.45) is -0.564. The van der Waals surface area contributed by atoms with Crippen molar-refractivity contribution in [3.8, 4) is 0 Å². The number of aliphatic hydroxyl groups is 1. The van der Waals surface area contributed by atoms with Gasteiger partial charge in [-0.15, -0.1) is 0 Å². The molecular formula is C27H26N2O. The first kappa shape index (κ1) is 19.7. The van der Waals surface area contributed by atoms with Gasteiger partial charge >= 0.3 is 0 Å². The molecule has 0 heterocycles. The maximum Gasteiger partial charge on any atom is 0.0898 e. The lowest BCUT2D eigenvalue weighted by Crippen LogP contribution is -2.37. The van der Waals surface area contributed by atoms with Crippen molar-refractivity contribution in [3.63, 3.8) is 0 Å². The number of para-hydroxylation sites is 4. The van der Waals surface area contributed by atoms with Gasteiger partial charge in [-0.05, 0) is 48.5 Å². The molecule has 0 bridgehead atoms. The summed E-state index contributed by atoms with van der Waals surface area (Å²) in [5.41, 5.74) is 4.25. The van der Waals surface area contributed by atoms with E-state index in [0.29, 0.717) is 13.1 Å². The molecule has 4 rings (SSSR count). The SMILES string of the molecule is OC(CN(c1ccccc1)c1ccccc1)CN(c1ccccc1)c1ccccc1. The van der Waals surface area contributed by atoms with Gasteiger partial charge in [0.05, 0.1) is 19.2 Å². The lowest BCUT2D eigenvalue weighted by atomic mass is 10.1. The van der Waals surface area contributed by atoms with Crippen molar-refractivity contribution in [2.24, 2.45) is 0 Å². The van der Waals surface area contributed by atoms with Crippen LogP contribution in [-0.4, -0.2) is 24.3 Å². The van der Waals surface area contributed by atoms with Gasteiger partial charge < -0.3 is 14.9 Å². The lowest BCUT2D eigenvalue weighted by Gasteiger charge is -2.32. The molecule has 0 aliphatic heterocycles. The Labute approximate surface area is 178 Å². The summed E-state index contributed by atoms with van der Waals surface area (Å²) in [6.45, 7) is 0.981. The summed E-state index contributed by atoms with van der Waals surface area (Å²) in [6, 6.07) is 40.8. The minimum atomic E-state index is -0.564. The third kappa shape index (κ3) is 4.88. The van der Waals surface area contributed by atoms with E-state index in [1.165, 1.54) is 0 Å². The molecule has 3 nitrogen and oxygen atoms in total. The fourth-order valence-electron chi connectivity index (χ4n) is 3.63. The van der Waals surface area contributed by atoms with Crippen LogP contribution in [0.4, 0.5) is 22.7 Å². The second-order valence-electron chi connectivity index (χ2n) is 7.22. The Hall–Kier alpha value is -3.56. The van der Waals surface area contributed by atoms with E-state index < -0.39 is 6.10 Å². The van der Waals surface area contributed by atoms with E-state index in [1.54, 1.807) is 0 Å². The van der Waals surface area contributed by atoms with Gasteiger partial charge in [0.2, 0.25) is 0 Å². The highest BCUT2D eigenvalue weighted by Crippen LogP contribution is 2.28. The predicted octanol–water partition coefficient (Wildman–Crippen LogP) is 6.02. The van der Waals surface area contributed by atoms with Gasteiger partial charge in [-0.2, -0.15) is 0 Å². The van der Waals surface area contributed by atoms with Gasteiger partial charge in [0.15, 0.2) is 0 Å². The molecule has 0 unspecified atom stereocenters. The molecule has 0 aliphatic rings. The summed E-state index contributed by atoms with van der Waals surface area (Å²) in [4.78, 5) is 4.33. The first-order chi connectivity index (χ1) is 14.8. The van der Waals surface area contributed by atoms with Crippen molar-refractivity contribution in [2.75, 3.05) is 22.9 Å². The summed E-state index contributed by atoms with van der Waals surface area (Å²) in [5, 5.41) is 11.2. The molecule has 0 amide bonds. The third-order valence-corrected chi connectivity index (χ3v) is 5.06. The quantitative estimate of drug-likeness (QED) is 0.396. The van der Waals surface area contributed by atoms with E-state index >= 15 is 0 Å². The topological polar surface area (TPSA) is 26.7 Å². The van der Waals surface area contributed by atoms with E-state index in [1.807, 2.05) is 72.8 Å². The molecule has 0 saturated carbocycles. The highest BCUT2D eigenvalue weighted by molar-refractivity contribution is 5.65. The largest absolute Gasteiger partial charge is 0.389 e. The summed E-state index contributed by atoms with van der Waals surface area (Å²) < 4.78 is 0. The van der Waals surface area contributed by atoms with Crippen LogP contribution in [0.3, 0.4) is 0 Å². The molecule has 150 valence electrons. The van der Waals surface area contributed by atoms with Crippen molar-refractivity contribution in [3.05, 3.63) is 121 Å². The standard InChI is InChI=1S/C27H26N2O/c30-27(21-28(23-13-5-1-6-14-23)24-15-7-2-8-16-24)22-29(25-17-9-3-10-18-25)26-19-11-4-12-20-26/h1-20,27,30H,21-22H2. The number of nitrogens with zero attached hydrogens (tertiary/aromatic N) is 2. The van der Waals surface area contributed by atoms with Crippen LogP contribution in [-0.2, 0) is 0 Å². The number of anilines is 4. The van der Waals surface area contributed by atoms with Crippen LogP contribution in [0.5, 0.6) is 0 Å². The van der Waals surface area contributed by atoms with Crippen LogP contribution in [0, 0.1) is 0 Å². The van der Waals surface area contributed by atoms with Crippen LogP contribution in [0.15, 0.2) is 121 Å². The predicted molar refractivity (Wildman–Crippen MR) is 126 cm³/mol. The Balaban J connectivity index is 1.59. The fourth-order valence-corrected chi connectivity index (χ4v) is 3.63. The first-order valence-electron chi connectivity index (χ1n) is 10.2. The van der Waals surface area contributed by atoms with Gasteiger partial charge in [0.25, 0.3) is 0 Å². The molecule has 0 atom stereocenters. The third-order valence-electron chi connectivity index (χ3n) is 5.06. The number of aliphatic hydroxyl groups excluding tert-OH is 1. The second kappa shape index (κ2) is 9.77. The van der Waals surface area contributed by atoms with Crippen molar-refractivity contribution in [2.45, 2.75) is 6.10 Å². The molecule has 1 N–H and O–H groups in total. The molecule has 0 saturated heterocycles. The van der Waals surface area contributed by atoms with Gasteiger partial charge in [0.1, 0.15) is 0 Å². The normalized spacial score (nSPS) is 10.7. The minimum absolute atomic E-state index is 0.490. The van der Waals surface area contributed by atoms with Crippen LogP contribution in [0.2, 0.25) is 0 Å². The Kier molecular flexibility index (Phi) is 6.43. The van der Waals surface area contributed by atoms with Crippen molar-refractivity contribution in [1.82, 2.24) is 0 Å². The molecule has 0 fully saturated rings. The van der Waals surface area contributed by atoms with Crippen LogP contribution in [0.1, 0.15) is 0 Å². The van der Waals surface area contributed by atoms with Crippen molar-refractivity contribution < 1.29 is 5.11 Å². The monoisotopic (exact) mass is 394 g/mol. The number of benzene rings is 4. The maximum absolute atomic E-state index is 11.2. The van der Waals surface area contributed by atoms with E-state index in [9.17, 15) is 5.11 Å². The average Bonchev–Trinajstić information content (AvgIpc) is 2.83. The minimum Gasteiger partial charge on any atom is -0.389 e. The molecule has 3 heteroatoms. The molecule has 0 aliphatic carbocycles. The number of hydrogen-bond acceptors (Lipinski definition) is 3. The molecule has 0 spiro atoms. The zero-order chi connectivity index (χ0) is 20.6. The zero-order valence-corrected chi connectivity index (χ0v) is 16.9. The molecule has 4 aromatic rings. The molecule has 0 aromatic heterocycles. The summed E-state index contributed by atoms with van der Waals surface area (Å²) in [7, 11) is 0. The lowest BCUT2D eigenvalue weighted by molar-refractivity contribution is 0.190. The van der Waals surface area contributed by atoms with E-state index in [2.05, 4.69) is 58.3 Å². The maximum atomic E-state index is 11.2. The van der Waals surface area contributed by atoms with Crippen molar-refractivity contribution in [1.29, 1.82) is 0 Å². The first-order valence-corrected chi connectivity index (χ1v) is 10.2. The second-order valence-corrected chi connectivity index (χ2v) is 7.22. The van der Waals surface area contributed by atoms with E-state index in [-0.39, 0.29) is 0 Å². The Morgan fingerprint density at radius 3 is 0.900 bits per heavy atom. The fraction of sp³-hybridized carbons (Fsp3) is 0.111. The Morgan fingerprint density at radius 2 is 0.667 bits per heavy atom. The Morgan fingerprint density at radius 1 is 0.433 bits per heavy atom. The molecular weight excluding hydrogens is 368 g/mol. The smallest absolute Gasteiger partial charge is 0.0898 e. The van der Waals surface area contributed by atoms with Crippen LogP contribution >= 0.6 is 0 Å². The summed E-state index contributed by atoms with van der Waals surface area (Å²) in [5.74, 6) is 0. The molecule has 0 radical (unpaired) electrons. The zero-order valence-electron chi connectivity index (χ0n) is 16.9. The van der Waals surface area contributed by atoms with Crippen LogP contribution in [0.25, 0.3) is 0 Å². The van der Waals surface area contributed by atoms with Crippen LogP contribution < -0.4 is 9.80 Å². The van der Waals surface area contributed by atoms with Gasteiger partial charge in [-0.25, -0.2) is 0 Å². The molecule has 4 aromatic carbocycles. The van der Waals surface area contributed by atoms with Gasteiger partial charge in [-0.1, -0.05) is 72.8 Å². The molecule has 30 heavy (non-hydrogen) atoms. The van der Waals surface area contributed by atoms with Gasteiger partial charge in [-0.3, -0.25) is 0 Å². The Bertz CT molecular complexity index is 844. The number of rotatable bonds is 8. The van der Waals surface area contributed by atoms with Gasteiger partial charge in [0, 0.05) is 22.7 Å².